The number of fused-ring (bicyclic) bond motifs is 5. The molecule has 0 radical (unpaired) electrons. The summed E-state index contributed by atoms with van der Waals surface area (Å²) < 4.78 is 55.1. The molecule has 9 rings (SSSR count). The fourth-order valence-electron chi connectivity index (χ4n) is 16.8. The molecule has 79 heavy (non-hydrogen) atoms. The van der Waals surface area contributed by atoms with E-state index in [2.05, 4.69) is 20.8 Å². The Hall–Kier alpha value is -1.00. The third-order valence-electron chi connectivity index (χ3n) is 22.0. The van der Waals surface area contributed by atoms with Gasteiger partial charge in [0.05, 0.1) is 64.6 Å². The fourth-order valence-corrected chi connectivity index (χ4v) is 16.8. The summed E-state index contributed by atoms with van der Waals surface area (Å²) in [5.74, 6) is -0.322. The topological polar surface area (TPSA) is 407 Å². The van der Waals surface area contributed by atoms with E-state index >= 15 is 0 Å². The van der Waals surface area contributed by atoms with Gasteiger partial charge in [-0.2, -0.15) is 0 Å². The maximum absolute atomic E-state index is 12.7. The molecule has 25 heteroatoms. The first-order valence-corrected chi connectivity index (χ1v) is 28.7. The first-order chi connectivity index (χ1) is 37.3. The van der Waals surface area contributed by atoms with Crippen molar-refractivity contribution in [1.29, 1.82) is 0 Å². The summed E-state index contributed by atoms with van der Waals surface area (Å²) in [7, 11) is 0. The first kappa shape index (κ1) is 62.5. The molecule has 16 N–H and O–H groups in total. The van der Waals surface area contributed by atoms with Gasteiger partial charge in [0, 0.05) is 16.7 Å². The van der Waals surface area contributed by atoms with Crippen LogP contribution in [0.3, 0.4) is 0 Å². The molecule has 1 spiro atoms. The summed E-state index contributed by atoms with van der Waals surface area (Å²) in [6, 6.07) is 0. The average molecular weight is 1140 g/mol. The number of hydrogen-bond acceptors (Lipinski definition) is 25. The zero-order valence-electron chi connectivity index (χ0n) is 45.9. The Morgan fingerprint density at radius 1 is 0.468 bits per heavy atom. The van der Waals surface area contributed by atoms with Crippen LogP contribution in [0.2, 0.25) is 0 Å². The van der Waals surface area contributed by atoms with E-state index in [4.69, 9.17) is 42.6 Å². The lowest BCUT2D eigenvalue weighted by atomic mass is 9.33. The van der Waals surface area contributed by atoms with Crippen molar-refractivity contribution in [2.24, 2.45) is 50.7 Å². The summed E-state index contributed by atoms with van der Waals surface area (Å²) >= 11 is 0. The Bertz CT molecular complexity index is 2000. The van der Waals surface area contributed by atoms with Gasteiger partial charge in [-0.05, 0) is 98.2 Å². The second-order valence-corrected chi connectivity index (χ2v) is 26.1. The van der Waals surface area contributed by atoms with E-state index in [1.807, 2.05) is 13.8 Å². The van der Waals surface area contributed by atoms with Gasteiger partial charge in [0.25, 0.3) is 0 Å². The van der Waals surface area contributed by atoms with Gasteiger partial charge in [0.1, 0.15) is 97.7 Å². The van der Waals surface area contributed by atoms with Crippen LogP contribution in [0.25, 0.3) is 0 Å². The zero-order valence-corrected chi connectivity index (χ0v) is 45.9. The number of ether oxygens (including phenoxy) is 9. The minimum atomic E-state index is -1.89. The molecule has 5 saturated heterocycles. The van der Waals surface area contributed by atoms with Gasteiger partial charge in [0.15, 0.2) is 25.2 Å². The fraction of sp³-hybridized carbons (Fsp3) is 1.00. The highest BCUT2D eigenvalue weighted by molar-refractivity contribution is 5.19. The average Bonchev–Trinajstić information content (AvgIpc) is 3.58. The van der Waals surface area contributed by atoms with Crippen molar-refractivity contribution in [2.45, 2.75) is 240 Å². The van der Waals surface area contributed by atoms with Crippen LogP contribution >= 0.6 is 0 Å². The molecule has 458 valence electrons. The quantitative estimate of drug-likeness (QED) is 0.0692. The summed E-state index contributed by atoms with van der Waals surface area (Å²) in [4.78, 5) is 0. The van der Waals surface area contributed by atoms with Crippen molar-refractivity contribution in [3.8, 4) is 0 Å². The van der Waals surface area contributed by atoms with Crippen LogP contribution in [0.1, 0.15) is 98.8 Å². The maximum atomic E-state index is 12.7. The van der Waals surface area contributed by atoms with Crippen LogP contribution in [0.4, 0.5) is 0 Å². The summed E-state index contributed by atoms with van der Waals surface area (Å²) in [6.07, 6.45) is -26.5. The minimum absolute atomic E-state index is 0.0550. The van der Waals surface area contributed by atoms with E-state index in [0.717, 1.165) is 38.5 Å². The molecule has 0 amide bonds. The number of rotatable bonds is 15. The Morgan fingerprint density at radius 3 is 1.53 bits per heavy atom. The van der Waals surface area contributed by atoms with Gasteiger partial charge in [0.2, 0.25) is 0 Å². The smallest absolute Gasteiger partial charge is 0.187 e. The van der Waals surface area contributed by atoms with Crippen LogP contribution < -0.4 is 0 Å². The lowest BCUT2D eigenvalue weighted by molar-refractivity contribution is -0.382. The van der Waals surface area contributed by atoms with E-state index in [1.54, 1.807) is 0 Å². The molecule has 32 atom stereocenters. The highest BCUT2D eigenvalue weighted by Gasteiger charge is 2.71. The second-order valence-electron chi connectivity index (χ2n) is 26.1. The number of aliphatic hydroxyl groups excluding tert-OH is 16. The summed E-state index contributed by atoms with van der Waals surface area (Å²) in [5.41, 5.74) is -2.54. The molecule has 0 aromatic rings. The Balaban J connectivity index is 0.938. The van der Waals surface area contributed by atoms with Crippen LogP contribution in [0.15, 0.2) is 0 Å². The lowest BCUT2D eigenvalue weighted by Crippen LogP contribution is -2.69. The summed E-state index contributed by atoms with van der Waals surface area (Å²) in [6.45, 7) is 8.42. The van der Waals surface area contributed by atoms with Crippen LogP contribution in [-0.2, 0) is 42.6 Å². The van der Waals surface area contributed by atoms with Gasteiger partial charge in [-0.1, -0.05) is 34.6 Å². The predicted octanol–water partition coefficient (Wildman–Crippen LogP) is -4.16. The van der Waals surface area contributed by atoms with Gasteiger partial charge in [-0.25, -0.2) is 0 Å². The first-order valence-electron chi connectivity index (χ1n) is 28.7. The SMILES string of the molecule is C[C@@H](CO[C@@H]1O[C@H](CO)[C@@H](O)[C@H](O)[C@H]1O)[C@@H]1CC[C@@]2(CC[C@]3(C)[C@H](CC[C@@H]4[C@@]5(C)CC[C@H](O[C@@H]6O[C@H](CO)[C@@H](O)[C@H](O)[C@H]6O[C@@H]6O[C@H](CO)[C@@H](O)[C@H](O)[C@H]6O)[C@@](C)(CO[C@@H]6O[C@H](CO)[C@@H](O)[C@H](O)[C@H]6O)[C@@H]5CC[C@]43C)[C@H]2O)CO1. The lowest BCUT2D eigenvalue weighted by Gasteiger charge is -2.73. The number of aliphatic hydroxyl groups is 16. The molecule has 5 heterocycles. The van der Waals surface area contributed by atoms with E-state index < -0.39 is 178 Å². The van der Waals surface area contributed by atoms with E-state index in [-0.39, 0.29) is 53.8 Å². The molecule has 0 bridgehead atoms. The van der Waals surface area contributed by atoms with Crippen molar-refractivity contribution in [1.82, 2.24) is 0 Å². The molecule has 0 aromatic carbocycles. The molecule has 9 aliphatic rings. The molecule has 4 saturated carbocycles. The van der Waals surface area contributed by atoms with Gasteiger partial charge in [-0.15, -0.1) is 0 Å². The van der Waals surface area contributed by atoms with Crippen LogP contribution in [0.5, 0.6) is 0 Å². The predicted molar refractivity (Wildman–Crippen MR) is 267 cm³/mol. The van der Waals surface area contributed by atoms with Crippen LogP contribution in [-0.4, -0.2) is 269 Å². The highest BCUT2D eigenvalue weighted by atomic mass is 16.8. The van der Waals surface area contributed by atoms with E-state index in [0.29, 0.717) is 32.3 Å². The standard InChI is InChI=1S/C54H92O25/c1-23(20-71-46-41(67)37(63)33(59)26(16-55)74-46)25-8-13-54(22-72-25)15-14-52(4)24(45(54)70)6-7-31-50(2)11-10-32(51(3,30(50)9-12-53(31,52)5)21-73-47-42(68)38(64)34(60)27(17-56)75-47)78-49-44(40(66)36(62)29(19-58)77-49)79-48-43(69)39(65)35(61)28(18-57)76-48/h23-49,55-70H,6-22H2,1-5H3/t23-,24+,25-,26+,27+,28+,29+,30+,31+,32-,33+,34+,35+,36+,37-,38-,39-,40-,41+,42+,43+,44+,45+,46+,47+,48-,49-,50-,51-,52+,53+,54+/m0/s1. The second kappa shape index (κ2) is 24.0. The zero-order chi connectivity index (χ0) is 57.5. The molecule has 0 aromatic heterocycles. The van der Waals surface area contributed by atoms with E-state index in [9.17, 15) is 81.7 Å². The maximum Gasteiger partial charge on any atom is 0.187 e. The summed E-state index contributed by atoms with van der Waals surface area (Å²) in [5, 5.41) is 171. The van der Waals surface area contributed by atoms with Gasteiger partial charge in [-0.3, -0.25) is 0 Å². The number of hydrogen-bond donors (Lipinski definition) is 16. The largest absolute Gasteiger partial charge is 0.394 e. The van der Waals surface area contributed by atoms with Crippen molar-refractivity contribution in [3.63, 3.8) is 0 Å². The van der Waals surface area contributed by atoms with E-state index in [1.165, 1.54) is 0 Å². The Labute approximate surface area is 460 Å². The molecular formula is C54H92O25. The van der Waals surface area contributed by atoms with Gasteiger partial charge >= 0.3 is 0 Å². The normalized spacial score (nSPS) is 55.6. The van der Waals surface area contributed by atoms with Crippen molar-refractivity contribution in [3.05, 3.63) is 0 Å². The molecule has 5 aliphatic heterocycles. The van der Waals surface area contributed by atoms with Crippen molar-refractivity contribution < 1.29 is 124 Å². The molecule has 9 fully saturated rings. The van der Waals surface area contributed by atoms with Crippen LogP contribution in [0, 0.1) is 50.7 Å². The molecule has 25 nitrogen and oxygen atoms in total. The molecule has 0 unspecified atom stereocenters. The molecule has 4 aliphatic carbocycles. The third kappa shape index (κ3) is 10.7. The minimum Gasteiger partial charge on any atom is -0.394 e. The van der Waals surface area contributed by atoms with Crippen molar-refractivity contribution in [2.75, 3.05) is 46.2 Å². The third-order valence-corrected chi connectivity index (χ3v) is 22.0. The Morgan fingerprint density at radius 2 is 0.987 bits per heavy atom. The monoisotopic (exact) mass is 1140 g/mol. The Kier molecular flexibility index (Phi) is 19.0. The van der Waals surface area contributed by atoms with Gasteiger partial charge < -0.3 is 124 Å². The molecular weight excluding hydrogens is 1050 g/mol. The highest BCUT2D eigenvalue weighted by Crippen LogP contribution is 2.75. The van der Waals surface area contributed by atoms with Crippen molar-refractivity contribution >= 4 is 0 Å².